The normalized spacial score (nSPS) is 9.08. The number of hydrogen-bond acceptors (Lipinski definition) is 2. The van der Waals surface area contributed by atoms with Gasteiger partial charge in [0.2, 0.25) is 0 Å². The van der Waals surface area contributed by atoms with E-state index in [0.717, 1.165) is 16.7 Å². The van der Waals surface area contributed by atoms with Crippen molar-refractivity contribution < 1.29 is 53.8 Å². The molecular formula is C8H7N3WY-2. The van der Waals surface area contributed by atoms with E-state index in [9.17, 15) is 0 Å². The van der Waals surface area contributed by atoms with Crippen molar-refractivity contribution in [3.8, 4) is 0 Å². The molecule has 0 N–H and O–H groups in total. The molecule has 2 aromatic heterocycles. The van der Waals surface area contributed by atoms with Crippen molar-refractivity contribution in [3.63, 3.8) is 0 Å². The van der Waals surface area contributed by atoms with Crippen molar-refractivity contribution in [2.24, 2.45) is 7.05 Å². The second-order valence-corrected chi connectivity index (χ2v) is 2.48. The second kappa shape index (κ2) is 5.33. The summed E-state index contributed by atoms with van der Waals surface area (Å²) in [6, 6.07) is 1.89. The summed E-state index contributed by atoms with van der Waals surface area (Å²) in [4.78, 5) is 7.95. The van der Waals surface area contributed by atoms with Crippen molar-refractivity contribution >= 4 is 11.0 Å². The SMILES string of the molecule is Cc1n[c-]nc2c1c[c-]n2C.[W].[Y]. The summed E-state index contributed by atoms with van der Waals surface area (Å²) in [5.74, 6) is 0. The summed E-state index contributed by atoms with van der Waals surface area (Å²) in [6.45, 7) is 1.94. The fourth-order valence-corrected chi connectivity index (χ4v) is 1.08. The Morgan fingerprint density at radius 1 is 1.38 bits per heavy atom. The predicted molar refractivity (Wildman–Crippen MR) is 40.9 cm³/mol. The molecule has 0 saturated carbocycles. The Labute approximate surface area is 116 Å². The third-order valence-corrected chi connectivity index (χ3v) is 1.72. The van der Waals surface area contributed by atoms with Gasteiger partial charge in [0.05, 0.1) is 0 Å². The van der Waals surface area contributed by atoms with Crippen LogP contribution in [0.4, 0.5) is 0 Å². The van der Waals surface area contributed by atoms with Crippen LogP contribution in [0.3, 0.4) is 0 Å². The summed E-state index contributed by atoms with van der Waals surface area (Å²) in [7, 11) is 1.91. The van der Waals surface area contributed by atoms with Gasteiger partial charge in [0.1, 0.15) is 0 Å². The zero-order valence-electron chi connectivity index (χ0n) is 7.40. The molecule has 3 nitrogen and oxygen atoms in total. The van der Waals surface area contributed by atoms with Gasteiger partial charge in [-0.25, -0.2) is 0 Å². The first-order valence-electron chi connectivity index (χ1n) is 3.37. The van der Waals surface area contributed by atoms with Crippen molar-refractivity contribution in [1.82, 2.24) is 14.5 Å². The third kappa shape index (κ3) is 2.45. The number of hydrogen-bond donors (Lipinski definition) is 0. The zero-order chi connectivity index (χ0) is 7.84. The Balaban J connectivity index is 0.000000720. The molecule has 2 aromatic rings. The van der Waals surface area contributed by atoms with Gasteiger partial charge in [-0.1, -0.05) is 6.92 Å². The predicted octanol–water partition coefficient (Wildman–Crippen LogP) is 0.872. The maximum atomic E-state index is 4.00. The Bertz CT molecular complexity index is 399. The second-order valence-electron chi connectivity index (χ2n) is 2.48. The van der Waals surface area contributed by atoms with Crippen LogP contribution in [-0.4, -0.2) is 14.5 Å². The largest absolute Gasteiger partial charge is 0.454 e. The number of aryl methyl sites for hydroxylation is 2. The van der Waals surface area contributed by atoms with Crippen LogP contribution >= 0.6 is 0 Å². The molecule has 0 aliphatic rings. The van der Waals surface area contributed by atoms with Crippen molar-refractivity contribution in [2.45, 2.75) is 6.92 Å². The fraction of sp³-hybridized carbons (Fsp3) is 0.250. The van der Waals surface area contributed by atoms with Gasteiger partial charge in [-0.15, -0.1) is 11.9 Å². The fourth-order valence-electron chi connectivity index (χ4n) is 1.08. The van der Waals surface area contributed by atoms with Crippen LogP contribution in [0.25, 0.3) is 11.0 Å². The molecule has 65 valence electrons. The quantitative estimate of drug-likeness (QED) is 0.596. The van der Waals surface area contributed by atoms with Gasteiger partial charge in [0, 0.05) is 60.1 Å². The van der Waals surface area contributed by atoms with Crippen molar-refractivity contribution in [3.05, 3.63) is 24.3 Å². The maximum Gasteiger partial charge on any atom is 0.0215 e. The Kier molecular flexibility index (Phi) is 5.50. The van der Waals surface area contributed by atoms with Crippen LogP contribution in [0.2, 0.25) is 0 Å². The molecular weight excluding hydrogens is 411 g/mol. The average Bonchev–Trinajstić information content (AvgIpc) is 2.35. The molecule has 1 radical (unpaired) electrons. The Morgan fingerprint density at radius 2 is 2.08 bits per heavy atom. The van der Waals surface area contributed by atoms with Crippen molar-refractivity contribution in [2.75, 3.05) is 0 Å². The van der Waals surface area contributed by atoms with Gasteiger partial charge in [-0.2, -0.15) is 11.5 Å². The Hall–Kier alpha value is 0.412. The monoisotopic (exact) mass is 418 g/mol. The topological polar surface area (TPSA) is 30.7 Å². The zero-order valence-corrected chi connectivity index (χ0v) is 13.2. The van der Waals surface area contributed by atoms with E-state index in [1.54, 1.807) is 0 Å². The van der Waals surface area contributed by atoms with E-state index >= 15 is 0 Å². The molecule has 0 aromatic carbocycles. The minimum absolute atomic E-state index is 0. The Morgan fingerprint density at radius 3 is 2.69 bits per heavy atom. The van der Waals surface area contributed by atoms with Crippen LogP contribution < -0.4 is 0 Å². The van der Waals surface area contributed by atoms with E-state index in [4.69, 9.17) is 0 Å². The number of fused-ring (bicyclic) bond motifs is 1. The van der Waals surface area contributed by atoms with E-state index in [2.05, 4.69) is 22.5 Å². The van der Waals surface area contributed by atoms with Gasteiger partial charge in [-0.3, -0.25) is 0 Å². The smallest absolute Gasteiger partial charge is 0.0215 e. The number of nitrogens with zero attached hydrogens (tertiary/aromatic N) is 3. The molecule has 2 rings (SSSR count). The molecule has 0 unspecified atom stereocenters. The molecule has 0 amide bonds. The molecule has 0 atom stereocenters. The molecule has 0 bridgehead atoms. The van der Waals surface area contributed by atoms with Crippen LogP contribution in [0, 0.1) is 19.4 Å². The molecule has 2 heterocycles. The van der Waals surface area contributed by atoms with E-state index in [1.807, 2.05) is 24.6 Å². The molecule has 0 aliphatic carbocycles. The van der Waals surface area contributed by atoms with E-state index in [0.29, 0.717) is 0 Å². The van der Waals surface area contributed by atoms with E-state index < -0.39 is 0 Å². The first-order valence-corrected chi connectivity index (χ1v) is 3.37. The summed E-state index contributed by atoms with van der Waals surface area (Å²) in [6.07, 6.45) is 5.60. The molecule has 0 saturated heterocycles. The van der Waals surface area contributed by atoms with Gasteiger partial charge < -0.3 is 14.5 Å². The van der Waals surface area contributed by atoms with Crippen LogP contribution in [0.1, 0.15) is 5.69 Å². The summed E-state index contributed by atoms with van der Waals surface area (Å²) in [5, 5.41) is 1.05. The van der Waals surface area contributed by atoms with Crippen LogP contribution in [0.15, 0.2) is 6.07 Å². The molecule has 13 heavy (non-hydrogen) atoms. The summed E-state index contributed by atoms with van der Waals surface area (Å²) < 4.78 is 1.83. The van der Waals surface area contributed by atoms with Gasteiger partial charge in [0.15, 0.2) is 0 Å². The van der Waals surface area contributed by atoms with Gasteiger partial charge >= 0.3 is 0 Å². The molecule has 0 aliphatic heterocycles. The van der Waals surface area contributed by atoms with Gasteiger partial charge in [-0.05, 0) is 12.7 Å². The molecule has 0 fully saturated rings. The summed E-state index contributed by atoms with van der Waals surface area (Å²) >= 11 is 0. The minimum atomic E-state index is 0. The molecule has 5 heteroatoms. The minimum Gasteiger partial charge on any atom is -0.454 e. The standard InChI is InChI=1S/C8H7N3.W.Y/c1-6-7-3-4-11(2)8(7)10-5-9-6;;/h3H,1-2H3;;/q-2;;. The maximum absolute atomic E-state index is 4.00. The number of aromatic nitrogens is 3. The van der Waals surface area contributed by atoms with Gasteiger partial charge in [0.25, 0.3) is 0 Å². The van der Waals surface area contributed by atoms with Crippen LogP contribution in [0.5, 0.6) is 0 Å². The summed E-state index contributed by atoms with van der Waals surface area (Å²) in [5.41, 5.74) is 1.84. The first kappa shape index (κ1) is 13.4. The number of rotatable bonds is 0. The van der Waals surface area contributed by atoms with Crippen molar-refractivity contribution in [1.29, 1.82) is 0 Å². The first-order chi connectivity index (χ1) is 5.29. The average molecular weight is 418 g/mol. The molecule has 0 spiro atoms. The third-order valence-electron chi connectivity index (χ3n) is 1.72. The van der Waals surface area contributed by atoms with Crippen LogP contribution in [-0.2, 0) is 60.8 Å². The van der Waals surface area contributed by atoms with E-state index in [-0.39, 0.29) is 53.8 Å². The van der Waals surface area contributed by atoms with E-state index in [1.165, 1.54) is 0 Å².